The highest BCUT2D eigenvalue weighted by Crippen LogP contribution is 2.17. The molecule has 1 unspecified atom stereocenters. The molecule has 1 atom stereocenters. The highest BCUT2D eigenvalue weighted by Gasteiger charge is 2.34. The van der Waals surface area contributed by atoms with Crippen molar-refractivity contribution in [1.82, 2.24) is 10.2 Å². The lowest BCUT2D eigenvalue weighted by molar-refractivity contribution is -0.126. The van der Waals surface area contributed by atoms with Gasteiger partial charge in [-0.15, -0.1) is 11.3 Å². The molecule has 0 fully saturated rings. The second-order valence-electron chi connectivity index (χ2n) is 5.97. The topological polar surface area (TPSA) is 69.6 Å². The molecule has 5 nitrogen and oxygen atoms in total. The Kier molecular flexibility index (Phi) is 6.20. The maximum atomic E-state index is 12.1. The molecule has 6 heteroatoms. The molecule has 118 valence electrons. The van der Waals surface area contributed by atoms with Gasteiger partial charge >= 0.3 is 6.09 Å². The van der Waals surface area contributed by atoms with Gasteiger partial charge in [-0.05, 0) is 52.0 Å². The number of hydrogen-bond donors (Lipinski definition) is 2. The third-order valence-electron chi connectivity index (χ3n) is 3.17. The van der Waals surface area contributed by atoms with Crippen LogP contribution in [0, 0.1) is 0 Å². The first-order valence-electron chi connectivity index (χ1n) is 7.06. The van der Waals surface area contributed by atoms with Gasteiger partial charge in [0.25, 0.3) is 0 Å². The Hall–Kier alpha value is -1.56. The van der Waals surface area contributed by atoms with Gasteiger partial charge in [0.1, 0.15) is 6.04 Å². The molecular weight excluding hydrogens is 288 g/mol. The number of nitrogens with zero attached hydrogens (tertiary/aromatic N) is 1. The molecule has 1 aromatic heterocycles. The Morgan fingerprint density at radius 3 is 2.57 bits per heavy atom. The number of carboxylic acid groups (broad SMARTS) is 1. The number of aryl methyl sites for hydroxylation is 1. The third kappa shape index (κ3) is 5.38. The Morgan fingerprint density at radius 2 is 2.10 bits per heavy atom. The molecule has 2 amide bonds. The molecule has 2 N–H and O–H groups in total. The Balaban J connectivity index is 2.44. The molecule has 0 aliphatic rings. The van der Waals surface area contributed by atoms with Crippen molar-refractivity contribution in [3.05, 3.63) is 22.4 Å². The van der Waals surface area contributed by atoms with Crippen molar-refractivity contribution in [2.75, 3.05) is 6.54 Å². The Bertz CT molecular complexity index is 466. The van der Waals surface area contributed by atoms with Crippen molar-refractivity contribution < 1.29 is 14.7 Å². The first-order chi connectivity index (χ1) is 9.73. The lowest BCUT2D eigenvalue weighted by Crippen LogP contribution is -2.55. The monoisotopic (exact) mass is 312 g/mol. The molecule has 1 rings (SSSR count). The minimum Gasteiger partial charge on any atom is -0.465 e. The fourth-order valence-corrected chi connectivity index (χ4v) is 2.98. The molecule has 0 saturated carbocycles. The SMILES string of the molecule is CC(C(=O)NCCCc1cccs1)N(C(=O)O)C(C)(C)C. The lowest BCUT2D eigenvalue weighted by atomic mass is 10.0. The van der Waals surface area contributed by atoms with Crippen LogP contribution in [0.3, 0.4) is 0 Å². The summed E-state index contributed by atoms with van der Waals surface area (Å²) in [5.74, 6) is -0.251. The number of rotatable bonds is 6. The molecule has 1 aromatic rings. The molecule has 0 aliphatic carbocycles. The van der Waals surface area contributed by atoms with Crippen molar-refractivity contribution in [1.29, 1.82) is 0 Å². The number of nitrogens with one attached hydrogen (secondary N) is 1. The number of carbonyl (C=O) groups is 2. The average molecular weight is 312 g/mol. The smallest absolute Gasteiger partial charge is 0.408 e. The van der Waals surface area contributed by atoms with E-state index in [-0.39, 0.29) is 5.91 Å². The van der Waals surface area contributed by atoms with Crippen LogP contribution in [0.1, 0.15) is 39.0 Å². The van der Waals surface area contributed by atoms with E-state index in [2.05, 4.69) is 11.4 Å². The van der Waals surface area contributed by atoms with Crippen molar-refractivity contribution in [3.63, 3.8) is 0 Å². The van der Waals surface area contributed by atoms with E-state index >= 15 is 0 Å². The maximum Gasteiger partial charge on any atom is 0.408 e. The second-order valence-corrected chi connectivity index (χ2v) is 7.01. The molecule has 0 aromatic carbocycles. The van der Waals surface area contributed by atoms with Crippen molar-refractivity contribution in [2.24, 2.45) is 0 Å². The zero-order valence-corrected chi connectivity index (χ0v) is 13.9. The van der Waals surface area contributed by atoms with E-state index < -0.39 is 17.7 Å². The van der Waals surface area contributed by atoms with Gasteiger partial charge in [0.15, 0.2) is 0 Å². The summed E-state index contributed by atoms with van der Waals surface area (Å²) >= 11 is 1.70. The standard InChI is InChI=1S/C15H24N2O3S/c1-11(17(14(19)20)15(2,3)4)13(18)16-9-5-7-12-8-6-10-21-12/h6,8,10-11H,5,7,9H2,1-4H3,(H,16,18)(H,19,20). The van der Waals surface area contributed by atoms with Crippen LogP contribution < -0.4 is 5.32 Å². The summed E-state index contributed by atoms with van der Waals surface area (Å²) in [5, 5.41) is 14.1. The van der Waals surface area contributed by atoms with Crippen LogP contribution in [-0.4, -0.2) is 40.1 Å². The first-order valence-corrected chi connectivity index (χ1v) is 7.94. The largest absolute Gasteiger partial charge is 0.465 e. The van der Waals surface area contributed by atoms with E-state index in [4.69, 9.17) is 0 Å². The molecule has 1 heterocycles. The highest BCUT2D eigenvalue weighted by molar-refractivity contribution is 7.09. The summed E-state index contributed by atoms with van der Waals surface area (Å²) in [6, 6.07) is 3.37. The van der Waals surface area contributed by atoms with Crippen molar-refractivity contribution in [2.45, 2.75) is 52.1 Å². The van der Waals surface area contributed by atoms with Gasteiger partial charge in [0, 0.05) is 17.0 Å². The van der Waals surface area contributed by atoms with Crippen LogP contribution >= 0.6 is 11.3 Å². The molecule has 0 radical (unpaired) electrons. The van der Waals surface area contributed by atoms with Crippen LogP contribution in [0.4, 0.5) is 4.79 Å². The number of amides is 2. The Morgan fingerprint density at radius 1 is 1.43 bits per heavy atom. The zero-order chi connectivity index (χ0) is 16.0. The Labute approximate surface area is 130 Å². The van der Waals surface area contributed by atoms with Crippen LogP contribution in [0.25, 0.3) is 0 Å². The summed E-state index contributed by atoms with van der Waals surface area (Å²) in [6.07, 6.45) is 0.694. The van der Waals surface area contributed by atoms with Crippen LogP contribution in [0.2, 0.25) is 0 Å². The molecule has 0 aliphatic heterocycles. The summed E-state index contributed by atoms with van der Waals surface area (Å²) < 4.78 is 0. The molecule has 21 heavy (non-hydrogen) atoms. The quantitative estimate of drug-likeness (QED) is 0.793. The number of hydrogen-bond acceptors (Lipinski definition) is 3. The zero-order valence-electron chi connectivity index (χ0n) is 13.0. The predicted octanol–water partition coefficient (Wildman–Crippen LogP) is 2.96. The minimum absolute atomic E-state index is 0.251. The normalized spacial score (nSPS) is 12.8. The highest BCUT2D eigenvalue weighted by atomic mass is 32.1. The van der Waals surface area contributed by atoms with E-state index in [9.17, 15) is 14.7 Å². The van der Waals surface area contributed by atoms with E-state index in [0.29, 0.717) is 6.54 Å². The fraction of sp³-hybridized carbons (Fsp3) is 0.600. The van der Waals surface area contributed by atoms with Gasteiger partial charge in [-0.3, -0.25) is 9.69 Å². The van der Waals surface area contributed by atoms with Gasteiger partial charge < -0.3 is 10.4 Å². The summed E-state index contributed by atoms with van der Waals surface area (Å²) in [7, 11) is 0. The van der Waals surface area contributed by atoms with Gasteiger partial charge in [-0.2, -0.15) is 0 Å². The first kappa shape index (κ1) is 17.5. The van der Waals surface area contributed by atoms with Crippen LogP contribution in [0.5, 0.6) is 0 Å². The number of thiophene rings is 1. The number of carbonyl (C=O) groups excluding carboxylic acids is 1. The van der Waals surface area contributed by atoms with E-state index in [1.807, 2.05) is 11.4 Å². The van der Waals surface area contributed by atoms with Gasteiger partial charge in [-0.1, -0.05) is 6.07 Å². The summed E-state index contributed by atoms with van der Waals surface area (Å²) in [4.78, 5) is 25.9. The molecule has 0 bridgehead atoms. The summed E-state index contributed by atoms with van der Waals surface area (Å²) in [6.45, 7) is 7.51. The van der Waals surface area contributed by atoms with Crippen molar-refractivity contribution >= 4 is 23.3 Å². The van der Waals surface area contributed by atoms with E-state index in [1.165, 1.54) is 9.78 Å². The molecule has 0 saturated heterocycles. The van der Waals surface area contributed by atoms with Gasteiger partial charge in [0.05, 0.1) is 0 Å². The molecular formula is C15H24N2O3S. The van der Waals surface area contributed by atoms with Crippen molar-refractivity contribution in [3.8, 4) is 0 Å². The van der Waals surface area contributed by atoms with E-state index in [1.54, 1.807) is 39.0 Å². The predicted molar refractivity (Wildman–Crippen MR) is 84.7 cm³/mol. The fourth-order valence-electron chi connectivity index (χ4n) is 2.23. The minimum atomic E-state index is -1.08. The molecule has 0 spiro atoms. The third-order valence-corrected chi connectivity index (χ3v) is 4.11. The lowest BCUT2D eigenvalue weighted by Gasteiger charge is -2.37. The second kappa shape index (κ2) is 7.45. The average Bonchev–Trinajstić information content (AvgIpc) is 2.85. The summed E-state index contributed by atoms with van der Waals surface area (Å²) in [5.41, 5.74) is -0.612. The van der Waals surface area contributed by atoms with Crippen LogP contribution in [-0.2, 0) is 11.2 Å². The maximum absolute atomic E-state index is 12.1. The van der Waals surface area contributed by atoms with Crippen LogP contribution in [0.15, 0.2) is 17.5 Å². The van der Waals surface area contributed by atoms with Gasteiger partial charge in [0.2, 0.25) is 5.91 Å². The van der Waals surface area contributed by atoms with Gasteiger partial charge in [-0.25, -0.2) is 4.79 Å². The van der Waals surface area contributed by atoms with E-state index in [0.717, 1.165) is 12.8 Å².